The molecule has 0 saturated heterocycles. The number of aryl methyl sites for hydroxylation is 1. The van der Waals surface area contributed by atoms with E-state index in [1.165, 1.54) is 43.5 Å². The Balaban J connectivity index is 2.07. The van der Waals surface area contributed by atoms with Gasteiger partial charge in [0.1, 0.15) is 11.6 Å². The van der Waals surface area contributed by atoms with Crippen molar-refractivity contribution in [2.45, 2.75) is 19.8 Å². The minimum absolute atomic E-state index is 0.130. The van der Waals surface area contributed by atoms with Gasteiger partial charge in [-0.3, -0.25) is 5.41 Å². The molecule has 3 rings (SSSR count). The first-order valence-corrected chi connectivity index (χ1v) is 9.54. The Bertz CT molecular complexity index is 1190. The lowest BCUT2D eigenvalue weighted by Crippen LogP contribution is -2.18. The number of alkyl halides is 2. The molecular weight excluding hydrogens is 421 g/mol. The van der Waals surface area contributed by atoms with E-state index in [1.807, 2.05) is 0 Å². The second kappa shape index (κ2) is 8.74. The van der Waals surface area contributed by atoms with Gasteiger partial charge in [0, 0.05) is 35.2 Å². The molecular formula is C24H21F3N2O3. The summed E-state index contributed by atoms with van der Waals surface area (Å²) < 4.78 is 51.9. The molecule has 3 aromatic rings. The fourth-order valence-corrected chi connectivity index (χ4v) is 3.36. The van der Waals surface area contributed by atoms with Crippen molar-refractivity contribution in [3.8, 4) is 28.0 Å². The van der Waals surface area contributed by atoms with Gasteiger partial charge in [0.2, 0.25) is 5.90 Å². The van der Waals surface area contributed by atoms with Gasteiger partial charge in [-0.1, -0.05) is 30.3 Å². The molecule has 8 heteroatoms. The molecule has 166 valence electrons. The lowest BCUT2D eigenvalue weighted by Gasteiger charge is -2.16. The molecule has 0 spiro atoms. The van der Waals surface area contributed by atoms with Crippen LogP contribution in [0, 0.1) is 18.2 Å². The number of nitrogens with two attached hydrogens (primary N) is 1. The van der Waals surface area contributed by atoms with Gasteiger partial charge in [0.05, 0.1) is 7.11 Å². The van der Waals surface area contributed by atoms with Crippen LogP contribution < -0.4 is 10.5 Å². The molecule has 0 bridgehead atoms. The zero-order valence-corrected chi connectivity index (χ0v) is 17.6. The number of benzene rings is 3. The summed E-state index contributed by atoms with van der Waals surface area (Å²) >= 11 is 0. The number of hydrogen-bond donors (Lipinski definition) is 2. The number of halogens is 3. The van der Waals surface area contributed by atoms with Crippen molar-refractivity contribution >= 4 is 12.0 Å². The van der Waals surface area contributed by atoms with Gasteiger partial charge in [-0.15, -0.1) is 0 Å². The molecule has 3 aromatic carbocycles. The molecule has 0 fully saturated rings. The quantitative estimate of drug-likeness (QED) is 0.375. The summed E-state index contributed by atoms with van der Waals surface area (Å²) in [6, 6.07) is 13.2. The molecule has 0 radical (unpaired) electrons. The number of methoxy groups -OCH3 is 1. The molecule has 3 N–H and O–H groups in total. The van der Waals surface area contributed by atoms with E-state index >= 15 is 0 Å². The Hall–Kier alpha value is -3.81. The van der Waals surface area contributed by atoms with Gasteiger partial charge in [0.25, 0.3) is 5.92 Å². The molecule has 0 atom stereocenters. The highest BCUT2D eigenvalue weighted by atomic mass is 19.3. The van der Waals surface area contributed by atoms with Crippen LogP contribution in [-0.4, -0.2) is 19.1 Å². The maximum absolute atomic E-state index is 14.9. The van der Waals surface area contributed by atoms with Gasteiger partial charge in [-0.2, -0.15) is 0 Å². The SMILES string of the molecule is COc1cc(F)c(-c2ccc(C(=N)OC(N)=O)cc2C)cc1-c1ccc(C(C)(F)F)cc1. The van der Waals surface area contributed by atoms with Crippen molar-refractivity contribution in [3.63, 3.8) is 0 Å². The summed E-state index contributed by atoms with van der Waals surface area (Å²) in [6.07, 6.45) is -1.10. The van der Waals surface area contributed by atoms with E-state index in [9.17, 15) is 18.0 Å². The standard InChI is InChI=1S/C24H21F3N2O3/c1-13-10-15(22(28)32-23(29)30)6-9-17(13)19-11-18(21(31-3)12-20(19)25)14-4-7-16(8-5-14)24(2,26)27/h4-12,28H,1-3H3,(H2,29,30). The molecule has 0 heterocycles. The highest BCUT2D eigenvalue weighted by molar-refractivity contribution is 5.98. The van der Waals surface area contributed by atoms with Crippen molar-refractivity contribution in [1.82, 2.24) is 0 Å². The molecule has 0 aliphatic carbocycles. The van der Waals surface area contributed by atoms with Gasteiger partial charge >= 0.3 is 6.09 Å². The van der Waals surface area contributed by atoms with Crippen LogP contribution in [0.15, 0.2) is 54.6 Å². The number of nitrogens with one attached hydrogen (secondary N) is 1. The second-order valence-electron chi connectivity index (χ2n) is 7.28. The zero-order chi connectivity index (χ0) is 23.6. The topological polar surface area (TPSA) is 85.4 Å². The Morgan fingerprint density at radius 1 is 1.00 bits per heavy atom. The molecule has 0 aliphatic rings. The first-order chi connectivity index (χ1) is 15.0. The van der Waals surface area contributed by atoms with Gasteiger partial charge < -0.3 is 15.2 Å². The van der Waals surface area contributed by atoms with E-state index in [0.717, 1.165) is 6.92 Å². The zero-order valence-electron chi connectivity index (χ0n) is 17.6. The third-order valence-corrected chi connectivity index (χ3v) is 4.97. The van der Waals surface area contributed by atoms with Crippen LogP contribution in [0.3, 0.4) is 0 Å². The maximum Gasteiger partial charge on any atom is 0.411 e. The van der Waals surface area contributed by atoms with Crippen molar-refractivity contribution < 1.29 is 27.4 Å². The first-order valence-electron chi connectivity index (χ1n) is 9.54. The number of primary amides is 1. The highest BCUT2D eigenvalue weighted by Crippen LogP contribution is 2.38. The van der Waals surface area contributed by atoms with Crippen molar-refractivity contribution in [3.05, 3.63) is 77.1 Å². The van der Waals surface area contributed by atoms with Crippen molar-refractivity contribution in [2.75, 3.05) is 7.11 Å². The summed E-state index contributed by atoms with van der Waals surface area (Å²) in [7, 11) is 1.40. The highest BCUT2D eigenvalue weighted by Gasteiger charge is 2.24. The summed E-state index contributed by atoms with van der Waals surface area (Å²) in [6.45, 7) is 2.54. The van der Waals surface area contributed by atoms with Gasteiger partial charge in [-0.25, -0.2) is 18.0 Å². The van der Waals surface area contributed by atoms with Crippen LogP contribution >= 0.6 is 0 Å². The Labute approximate surface area is 183 Å². The second-order valence-corrected chi connectivity index (χ2v) is 7.28. The summed E-state index contributed by atoms with van der Waals surface area (Å²) in [4.78, 5) is 10.9. The molecule has 0 aromatic heterocycles. The fraction of sp³-hybridized carbons (Fsp3) is 0.167. The molecule has 0 unspecified atom stereocenters. The molecule has 1 amide bonds. The number of rotatable bonds is 5. The number of ether oxygens (including phenoxy) is 2. The van der Waals surface area contributed by atoms with Gasteiger partial charge in [-0.05, 0) is 41.8 Å². The van der Waals surface area contributed by atoms with Crippen molar-refractivity contribution in [1.29, 1.82) is 5.41 Å². The number of amides is 1. The lowest BCUT2D eigenvalue weighted by molar-refractivity contribution is 0.0175. The predicted molar refractivity (Wildman–Crippen MR) is 116 cm³/mol. The Kier molecular flexibility index (Phi) is 6.25. The smallest absolute Gasteiger partial charge is 0.411 e. The van der Waals surface area contributed by atoms with Crippen LogP contribution in [0.4, 0.5) is 18.0 Å². The van der Waals surface area contributed by atoms with E-state index in [0.29, 0.717) is 27.8 Å². The van der Waals surface area contributed by atoms with E-state index in [2.05, 4.69) is 4.74 Å². The monoisotopic (exact) mass is 442 g/mol. The average Bonchev–Trinajstić information content (AvgIpc) is 2.72. The van der Waals surface area contributed by atoms with Crippen LogP contribution in [-0.2, 0) is 10.7 Å². The molecule has 5 nitrogen and oxygen atoms in total. The van der Waals surface area contributed by atoms with Crippen LogP contribution in [0.25, 0.3) is 22.3 Å². The van der Waals surface area contributed by atoms with E-state index in [-0.39, 0.29) is 16.9 Å². The maximum atomic E-state index is 14.9. The Morgan fingerprint density at radius 3 is 2.19 bits per heavy atom. The Morgan fingerprint density at radius 2 is 1.66 bits per heavy atom. The third kappa shape index (κ3) is 4.74. The van der Waals surface area contributed by atoms with Gasteiger partial charge in [0.15, 0.2) is 0 Å². The van der Waals surface area contributed by atoms with Crippen LogP contribution in [0.1, 0.15) is 23.6 Å². The largest absolute Gasteiger partial charge is 0.496 e. The molecule has 0 aliphatic heterocycles. The molecule has 32 heavy (non-hydrogen) atoms. The van der Waals surface area contributed by atoms with E-state index < -0.39 is 23.7 Å². The summed E-state index contributed by atoms with van der Waals surface area (Å²) in [5.41, 5.74) is 7.65. The number of hydrogen-bond acceptors (Lipinski definition) is 4. The lowest BCUT2D eigenvalue weighted by atomic mass is 9.93. The number of carbonyl (C=O) groups excluding carboxylic acids is 1. The van der Waals surface area contributed by atoms with E-state index in [4.69, 9.17) is 15.9 Å². The summed E-state index contributed by atoms with van der Waals surface area (Å²) in [5, 5.41) is 7.77. The van der Waals surface area contributed by atoms with Crippen molar-refractivity contribution in [2.24, 2.45) is 5.73 Å². The summed E-state index contributed by atoms with van der Waals surface area (Å²) in [5.74, 6) is -3.67. The minimum Gasteiger partial charge on any atom is -0.496 e. The van der Waals surface area contributed by atoms with E-state index in [1.54, 1.807) is 25.1 Å². The van der Waals surface area contributed by atoms with Crippen LogP contribution in [0.5, 0.6) is 5.75 Å². The fourth-order valence-electron chi connectivity index (χ4n) is 3.36. The first kappa shape index (κ1) is 22.9. The third-order valence-electron chi connectivity index (χ3n) is 4.97. The minimum atomic E-state index is -2.97. The molecule has 0 saturated carbocycles. The average molecular weight is 442 g/mol. The number of carbonyl (C=O) groups is 1. The van der Waals surface area contributed by atoms with Crippen LogP contribution in [0.2, 0.25) is 0 Å². The normalized spacial score (nSPS) is 11.2. The predicted octanol–water partition coefficient (Wildman–Crippen LogP) is 6.01.